The Morgan fingerprint density at radius 3 is 2.59 bits per heavy atom. The predicted octanol–water partition coefficient (Wildman–Crippen LogP) is 4.78. The summed E-state index contributed by atoms with van der Waals surface area (Å²) in [5, 5.41) is 21.4. The van der Waals surface area contributed by atoms with E-state index in [9.17, 15) is 19.1 Å². The highest BCUT2D eigenvalue weighted by atomic mass is 35.5. The van der Waals surface area contributed by atoms with E-state index < -0.39 is 12.7 Å². The number of halogens is 4. The average Bonchev–Trinajstić information content (AvgIpc) is 3.40. The molecule has 0 bridgehead atoms. The smallest absolute Gasteiger partial charge is 0.387 e. The molecule has 0 amide bonds. The number of benzene rings is 1. The van der Waals surface area contributed by atoms with Gasteiger partial charge in [0.2, 0.25) is 0 Å². The summed E-state index contributed by atoms with van der Waals surface area (Å²) < 4.78 is 35.3. The summed E-state index contributed by atoms with van der Waals surface area (Å²) in [6.07, 6.45) is 2.50. The minimum absolute atomic E-state index is 0.0662. The van der Waals surface area contributed by atoms with Crippen molar-refractivity contribution in [1.29, 1.82) is 0 Å². The van der Waals surface area contributed by atoms with Crippen molar-refractivity contribution in [2.24, 2.45) is 5.92 Å². The van der Waals surface area contributed by atoms with Gasteiger partial charge in [0.15, 0.2) is 11.5 Å². The Kier molecular flexibility index (Phi) is 6.47. The molecule has 2 aliphatic rings. The monoisotopic (exact) mass is 421 g/mol. The molecule has 3 rings (SSSR count). The number of ether oxygens (including phenoxy) is 2. The van der Waals surface area contributed by atoms with Crippen LogP contribution < -0.4 is 9.47 Å². The van der Waals surface area contributed by atoms with E-state index in [1.165, 1.54) is 24.4 Å². The molecule has 5 nitrogen and oxygen atoms in total. The molecule has 2 N–H and O–H groups in total. The van der Waals surface area contributed by atoms with Crippen LogP contribution in [0, 0.1) is 5.92 Å². The number of allylic oxidation sites excluding steroid dienone is 1. The summed E-state index contributed by atoms with van der Waals surface area (Å²) in [4.78, 5) is 0. The van der Waals surface area contributed by atoms with Gasteiger partial charge in [-0.2, -0.15) is 8.78 Å². The Hall–Kier alpha value is -1.54. The minimum Gasteiger partial charge on any atom is -0.489 e. The molecule has 1 heterocycles. The minimum atomic E-state index is -2.97. The highest BCUT2D eigenvalue weighted by molar-refractivity contribution is 6.36. The molecule has 27 heavy (non-hydrogen) atoms. The summed E-state index contributed by atoms with van der Waals surface area (Å²) in [6, 6.07) is 4.31. The van der Waals surface area contributed by atoms with Crippen molar-refractivity contribution in [2.45, 2.75) is 32.0 Å². The number of hydrogen-bond acceptors (Lipinski definition) is 5. The van der Waals surface area contributed by atoms with Gasteiger partial charge in [0.25, 0.3) is 0 Å². The van der Waals surface area contributed by atoms with E-state index in [1.807, 2.05) is 0 Å². The van der Waals surface area contributed by atoms with Crippen LogP contribution in [0.3, 0.4) is 0 Å². The maximum atomic E-state index is 12.6. The molecule has 1 aromatic rings. The lowest BCUT2D eigenvalue weighted by Gasteiger charge is -2.23. The first kappa shape index (κ1) is 20.2. The van der Waals surface area contributed by atoms with Gasteiger partial charge < -0.3 is 14.6 Å². The molecule has 148 valence electrons. The van der Waals surface area contributed by atoms with Gasteiger partial charge in [0.05, 0.1) is 24.3 Å². The summed E-state index contributed by atoms with van der Waals surface area (Å²) in [6.45, 7) is -2.49. The summed E-state index contributed by atoms with van der Waals surface area (Å²) in [5.74, 6) is 0.505. The van der Waals surface area contributed by atoms with Crippen LogP contribution in [0.25, 0.3) is 0 Å². The Labute approximate surface area is 165 Å². The van der Waals surface area contributed by atoms with Crippen molar-refractivity contribution in [3.63, 3.8) is 0 Å². The van der Waals surface area contributed by atoms with E-state index in [2.05, 4.69) is 4.74 Å². The Balaban J connectivity index is 1.77. The molecule has 1 saturated carbocycles. The standard InChI is InChI=1S/C18H19Cl2F2NO4/c19-13-7-23(25)8-14(20)12(13)6-15(24)11-3-4-16(27-18(21)22)17(5-11)26-9-10-1-2-10/h3-5,7,10,15,18,24-25H,1-2,6,8-9H2/t15-/m0/s1. The number of rotatable bonds is 8. The number of hydrogen-bond donors (Lipinski definition) is 2. The van der Waals surface area contributed by atoms with E-state index >= 15 is 0 Å². The van der Waals surface area contributed by atoms with E-state index in [-0.39, 0.29) is 29.5 Å². The molecule has 0 saturated heterocycles. The van der Waals surface area contributed by atoms with Crippen molar-refractivity contribution < 1.29 is 28.6 Å². The van der Waals surface area contributed by atoms with E-state index in [0.29, 0.717) is 28.7 Å². The average molecular weight is 422 g/mol. The van der Waals surface area contributed by atoms with Gasteiger partial charge in [0, 0.05) is 17.7 Å². The largest absolute Gasteiger partial charge is 0.489 e. The van der Waals surface area contributed by atoms with Gasteiger partial charge in [-0.3, -0.25) is 10.3 Å². The van der Waals surface area contributed by atoms with Crippen LogP contribution in [0.1, 0.15) is 30.9 Å². The highest BCUT2D eigenvalue weighted by Crippen LogP contribution is 2.38. The third-order valence-corrected chi connectivity index (χ3v) is 4.99. The van der Waals surface area contributed by atoms with Gasteiger partial charge in [-0.05, 0) is 42.0 Å². The zero-order chi connectivity index (χ0) is 19.6. The van der Waals surface area contributed by atoms with Crippen LogP contribution in [0.5, 0.6) is 11.5 Å². The van der Waals surface area contributed by atoms with E-state index in [0.717, 1.165) is 17.9 Å². The SMILES string of the molecule is O[C@@H](CC1=C(Cl)CN(O)C=C1Cl)c1ccc(OC(F)F)c(OCC2CC2)c1. The van der Waals surface area contributed by atoms with Gasteiger partial charge in [-0.15, -0.1) is 0 Å². The van der Waals surface area contributed by atoms with Crippen LogP contribution in [0.2, 0.25) is 0 Å². The summed E-state index contributed by atoms with van der Waals surface area (Å²) in [5.41, 5.74) is 0.958. The van der Waals surface area contributed by atoms with Crippen molar-refractivity contribution in [2.75, 3.05) is 13.2 Å². The molecule has 0 unspecified atom stereocenters. The highest BCUT2D eigenvalue weighted by Gasteiger charge is 2.25. The maximum Gasteiger partial charge on any atom is 0.387 e. The number of aliphatic hydroxyl groups is 1. The third-order valence-electron chi connectivity index (χ3n) is 4.32. The molecule has 0 spiro atoms. The molecular weight excluding hydrogens is 403 g/mol. The summed E-state index contributed by atoms with van der Waals surface area (Å²) in [7, 11) is 0. The number of hydroxylamine groups is 2. The van der Waals surface area contributed by atoms with Crippen LogP contribution in [-0.2, 0) is 0 Å². The van der Waals surface area contributed by atoms with Gasteiger partial charge >= 0.3 is 6.61 Å². The first-order valence-corrected chi connectivity index (χ1v) is 9.19. The first-order valence-electron chi connectivity index (χ1n) is 8.44. The van der Waals surface area contributed by atoms with Crippen molar-refractivity contribution >= 4 is 23.2 Å². The second-order valence-corrected chi connectivity index (χ2v) is 7.38. The number of alkyl halides is 2. The van der Waals surface area contributed by atoms with E-state index in [1.54, 1.807) is 0 Å². The second-order valence-electron chi connectivity index (χ2n) is 6.52. The van der Waals surface area contributed by atoms with Crippen molar-refractivity contribution in [1.82, 2.24) is 5.06 Å². The lowest BCUT2D eigenvalue weighted by Crippen LogP contribution is -2.19. The lowest BCUT2D eigenvalue weighted by molar-refractivity contribution is -0.0515. The van der Waals surface area contributed by atoms with Gasteiger partial charge in [0.1, 0.15) is 0 Å². The normalized spacial score (nSPS) is 18.6. The van der Waals surface area contributed by atoms with Crippen molar-refractivity contribution in [3.8, 4) is 11.5 Å². The van der Waals surface area contributed by atoms with Crippen molar-refractivity contribution in [3.05, 3.63) is 45.6 Å². The molecule has 0 radical (unpaired) electrons. The molecule has 1 fully saturated rings. The lowest BCUT2D eigenvalue weighted by atomic mass is 9.99. The van der Waals surface area contributed by atoms with Crippen LogP contribution in [-0.4, -0.2) is 35.1 Å². The first-order chi connectivity index (χ1) is 12.8. The van der Waals surface area contributed by atoms with Crippen LogP contribution in [0.4, 0.5) is 8.78 Å². The fourth-order valence-corrected chi connectivity index (χ4v) is 3.32. The molecular formula is C18H19Cl2F2NO4. The molecule has 0 aromatic heterocycles. The summed E-state index contributed by atoms with van der Waals surface area (Å²) >= 11 is 12.2. The number of nitrogens with zero attached hydrogens (tertiary/aromatic N) is 1. The third kappa shape index (κ3) is 5.48. The zero-order valence-corrected chi connectivity index (χ0v) is 15.8. The zero-order valence-electron chi connectivity index (χ0n) is 14.2. The maximum absolute atomic E-state index is 12.6. The fraction of sp³-hybridized carbons (Fsp3) is 0.444. The molecule has 1 aliphatic heterocycles. The molecule has 1 atom stereocenters. The van der Waals surface area contributed by atoms with Gasteiger partial charge in [-0.1, -0.05) is 29.3 Å². The van der Waals surface area contributed by atoms with Crippen LogP contribution >= 0.6 is 23.2 Å². The van der Waals surface area contributed by atoms with E-state index in [4.69, 9.17) is 27.9 Å². The van der Waals surface area contributed by atoms with Crippen LogP contribution in [0.15, 0.2) is 40.0 Å². The Morgan fingerprint density at radius 2 is 1.96 bits per heavy atom. The molecule has 1 aromatic carbocycles. The quantitative estimate of drug-likeness (QED) is 0.632. The fourth-order valence-electron chi connectivity index (χ4n) is 2.67. The Bertz CT molecular complexity index is 753. The number of aliphatic hydroxyl groups excluding tert-OH is 1. The second kappa shape index (κ2) is 8.65. The predicted molar refractivity (Wildman–Crippen MR) is 96.2 cm³/mol. The molecule has 9 heteroatoms. The molecule has 1 aliphatic carbocycles. The topological polar surface area (TPSA) is 62.2 Å². The Morgan fingerprint density at radius 1 is 1.22 bits per heavy atom. The van der Waals surface area contributed by atoms with Gasteiger partial charge in [-0.25, -0.2) is 0 Å².